The summed E-state index contributed by atoms with van der Waals surface area (Å²) in [4.78, 5) is 12.2. The quantitative estimate of drug-likeness (QED) is 0.369. The molecule has 3 aromatic rings. The van der Waals surface area contributed by atoms with Gasteiger partial charge in [-0.05, 0) is 66.9 Å². The first-order valence-corrected chi connectivity index (χ1v) is 9.22. The van der Waals surface area contributed by atoms with Gasteiger partial charge in [0.2, 0.25) is 5.91 Å². The summed E-state index contributed by atoms with van der Waals surface area (Å²) >= 11 is 6.09. The molecule has 0 fully saturated rings. The highest BCUT2D eigenvalue weighted by atomic mass is 35.5. The topological polar surface area (TPSA) is 53.8 Å². The smallest absolute Gasteiger partial charge is 0.248 e. The zero-order valence-electron chi connectivity index (χ0n) is 15.7. The van der Waals surface area contributed by atoms with Gasteiger partial charge in [-0.3, -0.25) is 4.79 Å². The minimum atomic E-state index is -0.225. The molecule has 3 rings (SSSR count). The Labute approximate surface area is 169 Å². The van der Waals surface area contributed by atoms with E-state index >= 15 is 0 Å². The highest BCUT2D eigenvalue weighted by Crippen LogP contribution is 2.25. The van der Waals surface area contributed by atoms with Gasteiger partial charge in [0.25, 0.3) is 0 Å². The number of anilines is 1. The van der Waals surface area contributed by atoms with Crippen molar-refractivity contribution in [1.82, 2.24) is 0 Å². The Morgan fingerprint density at radius 2 is 1.68 bits per heavy atom. The van der Waals surface area contributed by atoms with E-state index in [0.29, 0.717) is 5.02 Å². The van der Waals surface area contributed by atoms with Crippen LogP contribution in [0.3, 0.4) is 0 Å². The molecule has 5 heteroatoms. The van der Waals surface area contributed by atoms with Crippen LogP contribution in [-0.2, 0) is 4.79 Å². The van der Waals surface area contributed by atoms with Crippen LogP contribution in [-0.4, -0.2) is 5.91 Å². The summed E-state index contributed by atoms with van der Waals surface area (Å²) in [5.41, 5.74) is 5.05. The van der Waals surface area contributed by atoms with Gasteiger partial charge in [-0.15, -0.1) is 0 Å². The molecule has 0 aliphatic rings. The molecule has 0 spiro atoms. The minimum absolute atomic E-state index is 0.225. The maximum atomic E-state index is 12.2. The van der Waals surface area contributed by atoms with E-state index in [1.54, 1.807) is 12.1 Å². The monoisotopic (exact) mass is 389 g/mol. The Kier molecular flexibility index (Phi) is 6.35. The summed E-state index contributed by atoms with van der Waals surface area (Å²) in [5.74, 6) is -0.225. The third kappa shape index (κ3) is 5.15. The summed E-state index contributed by atoms with van der Waals surface area (Å²) in [6.45, 7) is 3.91. The number of hydrogen-bond acceptors (Lipinski definition) is 3. The van der Waals surface area contributed by atoms with Crippen LogP contribution in [0.15, 0.2) is 83.0 Å². The first kappa shape index (κ1) is 19.5. The van der Waals surface area contributed by atoms with Gasteiger partial charge >= 0.3 is 0 Å². The number of carbonyl (C=O) groups excluding carboxylic acids is 1. The van der Waals surface area contributed by atoms with Crippen LogP contribution < -0.4 is 5.32 Å². The van der Waals surface area contributed by atoms with Crippen molar-refractivity contribution in [2.45, 2.75) is 13.8 Å². The van der Waals surface area contributed by atoms with E-state index in [4.69, 9.17) is 11.6 Å². The predicted molar refractivity (Wildman–Crippen MR) is 116 cm³/mol. The van der Waals surface area contributed by atoms with Gasteiger partial charge in [-0.1, -0.05) is 48.0 Å². The van der Waals surface area contributed by atoms with Gasteiger partial charge < -0.3 is 5.32 Å². The highest BCUT2D eigenvalue weighted by molar-refractivity contribution is 6.32. The van der Waals surface area contributed by atoms with E-state index in [9.17, 15) is 4.79 Å². The molecule has 0 unspecified atom stereocenters. The van der Waals surface area contributed by atoms with E-state index in [1.165, 1.54) is 6.08 Å². The molecule has 0 heterocycles. The molecule has 0 bridgehead atoms. The Hall–Kier alpha value is -3.24. The number of aryl methyl sites for hydroxylation is 2. The summed E-state index contributed by atoms with van der Waals surface area (Å²) in [6.07, 6.45) is 3.16. The number of hydrogen-bond donors (Lipinski definition) is 1. The number of halogens is 1. The van der Waals surface area contributed by atoms with Gasteiger partial charge in [0.1, 0.15) is 0 Å². The van der Waals surface area contributed by atoms with Crippen molar-refractivity contribution in [3.63, 3.8) is 0 Å². The van der Waals surface area contributed by atoms with E-state index in [-0.39, 0.29) is 5.91 Å². The van der Waals surface area contributed by atoms with Gasteiger partial charge in [0.15, 0.2) is 0 Å². The number of rotatable bonds is 5. The van der Waals surface area contributed by atoms with E-state index in [1.807, 2.05) is 74.5 Å². The number of nitrogens with zero attached hydrogens (tertiary/aromatic N) is 2. The van der Waals surface area contributed by atoms with E-state index < -0.39 is 0 Å². The lowest BCUT2D eigenvalue weighted by Gasteiger charge is -2.07. The van der Waals surface area contributed by atoms with Crippen molar-refractivity contribution < 1.29 is 4.79 Å². The van der Waals surface area contributed by atoms with Crippen molar-refractivity contribution in [2.75, 3.05) is 5.32 Å². The van der Waals surface area contributed by atoms with E-state index in [0.717, 1.165) is 33.8 Å². The summed E-state index contributed by atoms with van der Waals surface area (Å²) < 4.78 is 0. The number of amides is 1. The fourth-order valence-corrected chi connectivity index (χ4v) is 2.79. The van der Waals surface area contributed by atoms with Crippen LogP contribution in [0.1, 0.15) is 16.7 Å². The van der Waals surface area contributed by atoms with Crippen LogP contribution in [0.4, 0.5) is 17.1 Å². The van der Waals surface area contributed by atoms with Crippen molar-refractivity contribution >= 4 is 40.6 Å². The number of benzene rings is 3. The molecule has 0 aliphatic heterocycles. The molecule has 0 aromatic heterocycles. The fourth-order valence-electron chi connectivity index (χ4n) is 2.59. The fraction of sp³-hybridized carbons (Fsp3) is 0.0870. The molecule has 0 saturated heterocycles. The third-order valence-electron chi connectivity index (χ3n) is 4.18. The maximum absolute atomic E-state index is 12.2. The Bertz CT molecular complexity index is 1060. The van der Waals surface area contributed by atoms with Gasteiger partial charge in [-0.25, -0.2) is 0 Å². The molecule has 3 aromatic carbocycles. The molecule has 0 atom stereocenters. The molecular formula is C23H20ClN3O. The van der Waals surface area contributed by atoms with Gasteiger partial charge in [-0.2, -0.15) is 10.2 Å². The Balaban J connectivity index is 1.68. The van der Waals surface area contributed by atoms with Crippen molar-refractivity contribution in [3.05, 3.63) is 94.5 Å². The Morgan fingerprint density at radius 1 is 0.929 bits per heavy atom. The summed E-state index contributed by atoms with van der Waals surface area (Å²) in [7, 11) is 0. The first-order chi connectivity index (χ1) is 13.5. The van der Waals surface area contributed by atoms with Crippen molar-refractivity contribution in [3.8, 4) is 0 Å². The van der Waals surface area contributed by atoms with Crippen LogP contribution >= 0.6 is 11.6 Å². The predicted octanol–water partition coefficient (Wildman–Crippen LogP) is 7.02. The van der Waals surface area contributed by atoms with Gasteiger partial charge in [0.05, 0.1) is 11.4 Å². The molecule has 1 amide bonds. The second kappa shape index (κ2) is 9.11. The number of azo groups is 1. The molecular weight excluding hydrogens is 370 g/mol. The summed E-state index contributed by atoms with van der Waals surface area (Å²) in [5, 5.41) is 12.1. The van der Waals surface area contributed by atoms with Crippen molar-refractivity contribution in [1.29, 1.82) is 0 Å². The largest absolute Gasteiger partial charge is 0.322 e. The maximum Gasteiger partial charge on any atom is 0.248 e. The van der Waals surface area contributed by atoms with Crippen LogP contribution in [0.2, 0.25) is 5.02 Å². The number of carbonyl (C=O) groups is 1. The average molecular weight is 390 g/mol. The van der Waals surface area contributed by atoms with Crippen LogP contribution in [0.25, 0.3) is 6.08 Å². The Morgan fingerprint density at radius 3 is 2.43 bits per heavy atom. The molecule has 140 valence electrons. The SMILES string of the molecule is Cc1ccccc1N=Nc1ccc(NC(=O)C=Cc2ccccc2Cl)c(C)c1. The molecule has 4 nitrogen and oxygen atoms in total. The lowest BCUT2D eigenvalue weighted by molar-refractivity contribution is -0.111. The molecule has 28 heavy (non-hydrogen) atoms. The lowest BCUT2D eigenvalue weighted by atomic mass is 10.1. The second-order valence-electron chi connectivity index (χ2n) is 6.33. The molecule has 1 N–H and O–H groups in total. The third-order valence-corrected chi connectivity index (χ3v) is 4.52. The standard InChI is InChI=1S/C23H20ClN3O/c1-16-7-3-6-10-22(16)27-26-19-12-13-21(17(2)15-19)25-23(28)14-11-18-8-4-5-9-20(18)24/h3-15H,1-2H3,(H,25,28). The normalized spacial score (nSPS) is 11.2. The molecule has 0 aliphatic carbocycles. The van der Waals surface area contributed by atoms with Crippen LogP contribution in [0.5, 0.6) is 0 Å². The molecule has 0 radical (unpaired) electrons. The second-order valence-corrected chi connectivity index (χ2v) is 6.74. The number of nitrogens with one attached hydrogen (secondary N) is 1. The lowest BCUT2D eigenvalue weighted by Crippen LogP contribution is -2.08. The zero-order chi connectivity index (χ0) is 19.9. The van der Waals surface area contributed by atoms with Gasteiger partial charge in [0, 0.05) is 16.8 Å². The average Bonchev–Trinajstić information content (AvgIpc) is 2.69. The highest BCUT2D eigenvalue weighted by Gasteiger charge is 2.04. The minimum Gasteiger partial charge on any atom is -0.322 e. The van der Waals surface area contributed by atoms with Crippen molar-refractivity contribution in [2.24, 2.45) is 10.2 Å². The molecule has 0 saturated carbocycles. The first-order valence-electron chi connectivity index (χ1n) is 8.84. The zero-order valence-corrected chi connectivity index (χ0v) is 16.4. The van der Waals surface area contributed by atoms with Crippen LogP contribution in [0, 0.1) is 13.8 Å². The van der Waals surface area contributed by atoms with E-state index in [2.05, 4.69) is 15.5 Å². The summed E-state index contributed by atoms with van der Waals surface area (Å²) in [6, 6.07) is 20.7.